The van der Waals surface area contributed by atoms with E-state index in [1.807, 2.05) is 0 Å². The summed E-state index contributed by atoms with van der Waals surface area (Å²) >= 11 is 12.0. The fraction of sp³-hybridized carbons (Fsp3) is 0.500. The summed E-state index contributed by atoms with van der Waals surface area (Å²) in [5.41, 5.74) is 6.80. The van der Waals surface area contributed by atoms with Gasteiger partial charge in [-0.1, -0.05) is 37.0 Å². The molecule has 0 aliphatic heterocycles. The molecular weight excluding hydrogens is 254 g/mol. The molecular formula is C10H15Cl3N2. The van der Waals surface area contributed by atoms with E-state index in [4.69, 9.17) is 28.9 Å². The first kappa shape index (κ1) is 15.0. The number of nitrogens with zero attached hydrogens (tertiary/aromatic N) is 1. The Balaban J connectivity index is 0.00000196. The highest BCUT2D eigenvalue weighted by Crippen LogP contribution is 2.30. The quantitative estimate of drug-likeness (QED) is 0.905. The first-order chi connectivity index (χ1) is 6.52. The van der Waals surface area contributed by atoms with Crippen LogP contribution in [0.4, 0.5) is 0 Å². The van der Waals surface area contributed by atoms with Crippen molar-refractivity contribution in [2.24, 2.45) is 11.7 Å². The molecule has 0 amide bonds. The van der Waals surface area contributed by atoms with Crippen LogP contribution >= 0.6 is 35.6 Å². The van der Waals surface area contributed by atoms with E-state index in [9.17, 15) is 0 Å². The van der Waals surface area contributed by atoms with Crippen molar-refractivity contribution in [3.63, 3.8) is 0 Å². The largest absolute Gasteiger partial charge is 0.324 e. The van der Waals surface area contributed by atoms with Crippen molar-refractivity contribution in [3.8, 4) is 0 Å². The van der Waals surface area contributed by atoms with E-state index in [1.165, 1.54) is 0 Å². The summed E-state index contributed by atoms with van der Waals surface area (Å²) in [6.45, 7) is 4.23. The molecule has 1 heterocycles. The molecule has 0 bridgehead atoms. The van der Waals surface area contributed by atoms with Gasteiger partial charge in [0.2, 0.25) is 0 Å². The van der Waals surface area contributed by atoms with Gasteiger partial charge in [-0.25, -0.2) is 0 Å². The van der Waals surface area contributed by atoms with E-state index in [0.717, 1.165) is 12.0 Å². The van der Waals surface area contributed by atoms with Crippen LogP contribution in [0, 0.1) is 5.92 Å². The molecule has 0 saturated heterocycles. The first-order valence-electron chi connectivity index (χ1n) is 4.56. The number of halogens is 3. The second-order valence-corrected chi connectivity index (χ2v) is 4.57. The Kier molecular flexibility index (Phi) is 6.53. The minimum atomic E-state index is -0.113. The van der Waals surface area contributed by atoms with Crippen molar-refractivity contribution in [1.29, 1.82) is 0 Å². The van der Waals surface area contributed by atoms with Crippen LogP contribution in [0.1, 0.15) is 31.9 Å². The smallest absolute Gasteiger partial charge is 0.0651 e. The van der Waals surface area contributed by atoms with Gasteiger partial charge in [-0.2, -0.15) is 0 Å². The summed E-state index contributed by atoms with van der Waals surface area (Å²) in [6, 6.07) is -0.113. The van der Waals surface area contributed by atoms with Crippen LogP contribution in [0.5, 0.6) is 0 Å². The SMILES string of the molecule is CC(C)C[C@H](N)c1c(Cl)cncc1Cl.Cl. The summed E-state index contributed by atoms with van der Waals surface area (Å²) in [4.78, 5) is 3.89. The van der Waals surface area contributed by atoms with E-state index >= 15 is 0 Å². The van der Waals surface area contributed by atoms with Crippen molar-refractivity contribution < 1.29 is 0 Å². The van der Waals surface area contributed by atoms with Gasteiger partial charge < -0.3 is 5.73 Å². The predicted molar refractivity (Wildman–Crippen MR) is 67.9 cm³/mol. The van der Waals surface area contributed by atoms with Crippen molar-refractivity contribution >= 4 is 35.6 Å². The first-order valence-corrected chi connectivity index (χ1v) is 5.32. The van der Waals surface area contributed by atoms with Gasteiger partial charge in [-0.3, -0.25) is 4.98 Å². The molecule has 0 aromatic carbocycles. The molecule has 0 unspecified atom stereocenters. The number of rotatable bonds is 3. The number of hydrogen-bond donors (Lipinski definition) is 1. The van der Waals surface area contributed by atoms with Gasteiger partial charge in [0.25, 0.3) is 0 Å². The second kappa shape index (κ2) is 6.54. The Bertz CT molecular complexity index is 295. The summed E-state index contributed by atoms with van der Waals surface area (Å²) in [5.74, 6) is 0.519. The highest BCUT2D eigenvalue weighted by molar-refractivity contribution is 6.35. The van der Waals surface area contributed by atoms with Crippen LogP contribution in [0.25, 0.3) is 0 Å². The molecule has 5 heteroatoms. The molecule has 0 radical (unpaired) electrons. The van der Waals surface area contributed by atoms with Crippen LogP contribution in [0.15, 0.2) is 12.4 Å². The lowest BCUT2D eigenvalue weighted by molar-refractivity contribution is 0.510. The summed E-state index contributed by atoms with van der Waals surface area (Å²) in [6.07, 6.45) is 4.01. The monoisotopic (exact) mass is 268 g/mol. The average molecular weight is 270 g/mol. The molecule has 86 valence electrons. The molecule has 1 aromatic rings. The van der Waals surface area contributed by atoms with Gasteiger partial charge in [0, 0.05) is 24.0 Å². The molecule has 0 aliphatic carbocycles. The number of pyridine rings is 1. The lowest BCUT2D eigenvalue weighted by Gasteiger charge is -2.16. The summed E-state index contributed by atoms with van der Waals surface area (Å²) < 4.78 is 0. The minimum Gasteiger partial charge on any atom is -0.324 e. The van der Waals surface area contributed by atoms with E-state index < -0.39 is 0 Å². The number of aromatic nitrogens is 1. The third-order valence-corrected chi connectivity index (χ3v) is 2.59. The van der Waals surface area contributed by atoms with E-state index in [2.05, 4.69) is 18.8 Å². The van der Waals surface area contributed by atoms with Gasteiger partial charge in [-0.15, -0.1) is 12.4 Å². The Hall–Kier alpha value is -0.0200. The summed E-state index contributed by atoms with van der Waals surface area (Å²) in [5, 5.41) is 1.09. The molecule has 1 rings (SSSR count). The number of hydrogen-bond acceptors (Lipinski definition) is 2. The molecule has 1 aromatic heterocycles. The Labute approximate surface area is 107 Å². The van der Waals surface area contributed by atoms with Crippen LogP contribution < -0.4 is 5.73 Å². The van der Waals surface area contributed by atoms with Crippen molar-refractivity contribution in [2.75, 3.05) is 0 Å². The zero-order valence-corrected chi connectivity index (χ0v) is 11.0. The van der Waals surface area contributed by atoms with E-state index in [1.54, 1.807) is 12.4 Å². The van der Waals surface area contributed by atoms with Crippen LogP contribution in [0.3, 0.4) is 0 Å². The maximum Gasteiger partial charge on any atom is 0.0651 e. The molecule has 2 nitrogen and oxygen atoms in total. The van der Waals surface area contributed by atoms with Gasteiger partial charge in [0.05, 0.1) is 10.0 Å². The Morgan fingerprint density at radius 1 is 1.27 bits per heavy atom. The molecule has 15 heavy (non-hydrogen) atoms. The van der Waals surface area contributed by atoms with Crippen molar-refractivity contribution in [2.45, 2.75) is 26.3 Å². The zero-order chi connectivity index (χ0) is 10.7. The second-order valence-electron chi connectivity index (χ2n) is 3.75. The summed E-state index contributed by atoms with van der Waals surface area (Å²) in [7, 11) is 0. The van der Waals surface area contributed by atoms with Crippen molar-refractivity contribution in [1.82, 2.24) is 4.98 Å². The third-order valence-electron chi connectivity index (χ3n) is 1.99. The fourth-order valence-electron chi connectivity index (χ4n) is 1.40. The molecule has 0 fully saturated rings. The topological polar surface area (TPSA) is 38.9 Å². The van der Waals surface area contributed by atoms with Gasteiger partial charge in [0.15, 0.2) is 0 Å². The average Bonchev–Trinajstić information content (AvgIpc) is 2.01. The standard InChI is InChI=1S/C10H14Cl2N2.ClH/c1-6(2)3-9(13)10-7(11)4-14-5-8(10)12;/h4-6,9H,3,13H2,1-2H3;1H/t9-;/m0./s1. The number of nitrogens with two attached hydrogens (primary N) is 1. The maximum absolute atomic E-state index is 6.00. The molecule has 0 spiro atoms. The van der Waals surface area contributed by atoms with Crippen LogP contribution in [0.2, 0.25) is 10.0 Å². The maximum atomic E-state index is 6.00. The molecule has 1 atom stereocenters. The van der Waals surface area contributed by atoms with Crippen molar-refractivity contribution in [3.05, 3.63) is 28.0 Å². The lowest BCUT2D eigenvalue weighted by Crippen LogP contribution is -2.14. The van der Waals surface area contributed by atoms with Crippen LogP contribution in [-0.2, 0) is 0 Å². The zero-order valence-electron chi connectivity index (χ0n) is 8.71. The van der Waals surface area contributed by atoms with Gasteiger partial charge in [0.1, 0.15) is 0 Å². The molecule has 0 saturated carbocycles. The highest BCUT2D eigenvalue weighted by Gasteiger charge is 2.15. The molecule has 0 aliphatic rings. The lowest BCUT2D eigenvalue weighted by atomic mass is 9.99. The predicted octanol–water partition coefficient (Wildman–Crippen LogP) is 3.86. The fourth-order valence-corrected chi connectivity index (χ4v) is 2.05. The Morgan fingerprint density at radius 2 is 1.73 bits per heavy atom. The minimum absolute atomic E-state index is 0. The Morgan fingerprint density at radius 3 is 2.13 bits per heavy atom. The normalized spacial score (nSPS) is 12.4. The van der Waals surface area contributed by atoms with Crippen LogP contribution in [-0.4, -0.2) is 4.98 Å². The molecule has 2 N–H and O–H groups in total. The highest BCUT2D eigenvalue weighted by atomic mass is 35.5. The third kappa shape index (κ3) is 4.15. The van der Waals surface area contributed by atoms with Gasteiger partial charge in [-0.05, 0) is 12.3 Å². The van der Waals surface area contributed by atoms with E-state index in [-0.39, 0.29) is 18.4 Å². The van der Waals surface area contributed by atoms with E-state index in [0.29, 0.717) is 16.0 Å². The van der Waals surface area contributed by atoms with Gasteiger partial charge >= 0.3 is 0 Å².